The van der Waals surface area contributed by atoms with Crippen molar-refractivity contribution < 1.29 is 14.0 Å². The molecule has 0 fully saturated rings. The topological polar surface area (TPSA) is 37.4 Å². The van der Waals surface area contributed by atoms with E-state index in [2.05, 4.69) is 15.9 Å². The highest BCUT2D eigenvalue weighted by Crippen LogP contribution is 2.29. The number of benzene rings is 2. The molecule has 2 aromatic carbocycles. The number of carbonyl (C=O) groups excluding carboxylic acids is 2. The van der Waals surface area contributed by atoms with Crippen molar-refractivity contribution in [1.29, 1.82) is 0 Å². The van der Waals surface area contributed by atoms with Gasteiger partial charge in [0.05, 0.1) is 12.0 Å². The van der Waals surface area contributed by atoms with Gasteiger partial charge >= 0.3 is 0 Å². The van der Waals surface area contributed by atoms with Crippen molar-refractivity contribution in [3.63, 3.8) is 0 Å². The fourth-order valence-electron chi connectivity index (χ4n) is 2.44. The number of carbonyl (C=O) groups is 2. The molecule has 0 bridgehead atoms. The first-order valence-corrected chi connectivity index (χ1v) is 7.16. The fraction of sp³-hybridized carbons (Fsp3) is 0.125. The van der Waals surface area contributed by atoms with E-state index >= 15 is 0 Å². The molecule has 3 nitrogen and oxygen atoms in total. The Morgan fingerprint density at radius 1 is 1.24 bits per heavy atom. The molecule has 21 heavy (non-hydrogen) atoms. The first kappa shape index (κ1) is 13.9. The van der Waals surface area contributed by atoms with Gasteiger partial charge in [0.2, 0.25) is 5.91 Å². The minimum atomic E-state index is -0.558. The summed E-state index contributed by atoms with van der Waals surface area (Å²) in [5, 5.41) is 0. The van der Waals surface area contributed by atoms with Gasteiger partial charge in [0.15, 0.2) is 5.78 Å². The summed E-state index contributed by atoms with van der Waals surface area (Å²) in [5.41, 5.74) is 1.99. The largest absolute Gasteiger partial charge is 0.315 e. The Morgan fingerprint density at radius 3 is 2.76 bits per heavy atom. The molecule has 1 aliphatic heterocycles. The molecule has 3 rings (SSSR count). The van der Waals surface area contributed by atoms with Gasteiger partial charge in [-0.3, -0.25) is 9.59 Å². The number of hydrogen-bond donors (Lipinski definition) is 0. The summed E-state index contributed by atoms with van der Waals surface area (Å²) in [5.74, 6) is -0.960. The maximum Gasteiger partial charge on any atom is 0.231 e. The van der Waals surface area contributed by atoms with Gasteiger partial charge < -0.3 is 4.90 Å². The average molecular weight is 348 g/mol. The van der Waals surface area contributed by atoms with Gasteiger partial charge in [-0.1, -0.05) is 15.9 Å². The molecule has 2 aromatic rings. The van der Waals surface area contributed by atoms with E-state index in [0.29, 0.717) is 10.0 Å². The molecular formula is C16H11BrFNO2. The molecule has 0 N–H and O–H groups in total. The van der Waals surface area contributed by atoms with Crippen LogP contribution in [0.3, 0.4) is 0 Å². The molecule has 106 valence electrons. The van der Waals surface area contributed by atoms with Gasteiger partial charge in [-0.2, -0.15) is 0 Å². The highest BCUT2D eigenvalue weighted by molar-refractivity contribution is 9.10. The maximum absolute atomic E-state index is 13.8. The van der Waals surface area contributed by atoms with Crippen LogP contribution in [0.15, 0.2) is 40.9 Å². The molecule has 0 saturated heterocycles. The first-order valence-electron chi connectivity index (χ1n) is 6.36. The number of anilines is 1. The number of hydrogen-bond acceptors (Lipinski definition) is 2. The van der Waals surface area contributed by atoms with Crippen molar-refractivity contribution in [3.8, 4) is 0 Å². The Kier molecular flexibility index (Phi) is 3.37. The van der Waals surface area contributed by atoms with E-state index in [4.69, 9.17) is 0 Å². The van der Waals surface area contributed by atoms with Crippen LogP contribution in [-0.4, -0.2) is 18.7 Å². The quantitative estimate of drug-likeness (QED) is 0.781. The third-order valence-corrected chi connectivity index (χ3v) is 4.09. The Bertz CT molecular complexity index is 773. The molecule has 0 aromatic heterocycles. The van der Waals surface area contributed by atoms with E-state index in [1.54, 1.807) is 36.2 Å². The summed E-state index contributed by atoms with van der Waals surface area (Å²) in [7, 11) is 1.70. The van der Waals surface area contributed by atoms with Crippen LogP contribution >= 0.6 is 15.9 Å². The minimum Gasteiger partial charge on any atom is -0.315 e. The molecule has 0 unspecified atom stereocenters. The Labute approximate surface area is 129 Å². The summed E-state index contributed by atoms with van der Waals surface area (Å²) in [4.78, 5) is 25.6. The number of likely N-dealkylation sites (N-methyl/N-ethyl adjacent to an activating group) is 1. The lowest BCUT2D eigenvalue weighted by Crippen LogP contribution is -2.20. The number of rotatable bonds is 2. The second-order valence-electron chi connectivity index (χ2n) is 4.93. The lowest BCUT2D eigenvalue weighted by molar-refractivity contribution is -0.117. The highest BCUT2D eigenvalue weighted by atomic mass is 79.9. The monoisotopic (exact) mass is 347 g/mol. The fourth-order valence-corrected chi connectivity index (χ4v) is 2.80. The number of ketones is 1. The van der Waals surface area contributed by atoms with E-state index in [9.17, 15) is 14.0 Å². The standard InChI is InChI=1S/C16H11BrFNO2/c1-19-14-5-2-9(6-10(14)7-15(19)20)16(21)12-8-11(17)3-4-13(12)18/h2-6,8H,7H2,1H3. The molecule has 0 radical (unpaired) electrons. The zero-order valence-corrected chi connectivity index (χ0v) is 12.8. The normalized spacial score (nSPS) is 13.5. The van der Waals surface area contributed by atoms with Crippen molar-refractivity contribution >= 4 is 33.3 Å². The molecule has 0 saturated carbocycles. The average Bonchev–Trinajstić information content (AvgIpc) is 2.75. The Morgan fingerprint density at radius 2 is 2.00 bits per heavy atom. The van der Waals surface area contributed by atoms with E-state index in [-0.39, 0.29) is 17.9 Å². The number of fused-ring (bicyclic) bond motifs is 1. The molecule has 0 aliphatic carbocycles. The van der Waals surface area contributed by atoms with Crippen molar-refractivity contribution in [2.24, 2.45) is 0 Å². The molecule has 1 heterocycles. The zero-order chi connectivity index (χ0) is 15.1. The van der Waals surface area contributed by atoms with Gasteiger partial charge in [0.25, 0.3) is 0 Å². The first-order chi connectivity index (χ1) is 9.97. The molecular weight excluding hydrogens is 337 g/mol. The summed E-state index contributed by atoms with van der Waals surface area (Å²) in [6.07, 6.45) is 0.272. The van der Waals surface area contributed by atoms with Crippen LogP contribution in [0.5, 0.6) is 0 Å². The van der Waals surface area contributed by atoms with Crippen molar-refractivity contribution in [2.75, 3.05) is 11.9 Å². The zero-order valence-electron chi connectivity index (χ0n) is 11.2. The SMILES string of the molecule is CN1C(=O)Cc2cc(C(=O)c3cc(Br)ccc3F)ccc21. The minimum absolute atomic E-state index is 0.0109. The molecule has 0 atom stereocenters. The van der Waals surface area contributed by atoms with Crippen molar-refractivity contribution in [3.05, 3.63) is 63.4 Å². The summed E-state index contributed by atoms with van der Waals surface area (Å²) in [6, 6.07) is 9.27. The van der Waals surface area contributed by atoms with Crippen LogP contribution in [0.25, 0.3) is 0 Å². The smallest absolute Gasteiger partial charge is 0.231 e. The van der Waals surface area contributed by atoms with Crippen molar-refractivity contribution in [1.82, 2.24) is 0 Å². The van der Waals surface area contributed by atoms with E-state index in [1.165, 1.54) is 12.1 Å². The van der Waals surface area contributed by atoms with Crippen LogP contribution in [0.1, 0.15) is 21.5 Å². The van der Waals surface area contributed by atoms with Gasteiger partial charge in [0.1, 0.15) is 5.82 Å². The summed E-state index contributed by atoms with van der Waals surface area (Å²) < 4.78 is 14.4. The predicted octanol–water partition coefficient (Wildman–Crippen LogP) is 3.34. The summed E-state index contributed by atoms with van der Waals surface area (Å²) >= 11 is 3.23. The second-order valence-corrected chi connectivity index (χ2v) is 5.84. The third-order valence-electron chi connectivity index (χ3n) is 3.59. The highest BCUT2D eigenvalue weighted by Gasteiger charge is 2.25. The van der Waals surface area contributed by atoms with E-state index < -0.39 is 11.6 Å². The lowest BCUT2D eigenvalue weighted by atomic mass is 10.00. The van der Waals surface area contributed by atoms with Crippen molar-refractivity contribution in [2.45, 2.75) is 6.42 Å². The third kappa shape index (κ3) is 2.38. The van der Waals surface area contributed by atoms with Gasteiger partial charge in [0, 0.05) is 22.8 Å². The van der Waals surface area contributed by atoms with Gasteiger partial charge in [-0.15, -0.1) is 0 Å². The predicted molar refractivity (Wildman–Crippen MR) is 81.1 cm³/mol. The second kappa shape index (κ2) is 5.07. The Balaban J connectivity index is 2.02. The molecule has 1 amide bonds. The maximum atomic E-state index is 13.8. The van der Waals surface area contributed by atoms with Crippen LogP contribution in [0, 0.1) is 5.82 Å². The number of nitrogens with zero attached hydrogens (tertiary/aromatic N) is 1. The Hall–Kier alpha value is -2.01. The van der Waals surface area contributed by atoms with Gasteiger partial charge in [-0.05, 0) is 42.0 Å². The molecule has 5 heteroatoms. The lowest BCUT2D eigenvalue weighted by Gasteiger charge is -2.10. The number of halogens is 2. The molecule has 0 spiro atoms. The van der Waals surface area contributed by atoms with Crippen LogP contribution in [0.4, 0.5) is 10.1 Å². The van der Waals surface area contributed by atoms with E-state index in [0.717, 1.165) is 11.3 Å². The number of amides is 1. The van der Waals surface area contributed by atoms with E-state index in [1.807, 2.05) is 0 Å². The van der Waals surface area contributed by atoms with Crippen LogP contribution < -0.4 is 4.90 Å². The van der Waals surface area contributed by atoms with Crippen LogP contribution in [-0.2, 0) is 11.2 Å². The molecule has 1 aliphatic rings. The summed E-state index contributed by atoms with van der Waals surface area (Å²) in [6.45, 7) is 0. The van der Waals surface area contributed by atoms with Crippen LogP contribution in [0.2, 0.25) is 0 Å². The van der Waals surface area contributed by atoms with Gasteiger partial charge in [-0.25, -0.2) is 4.39 Å².